The van der Waals surface area contributed by atoms with Crippen molar-refractivity contribution in [1.82, 2.24) is 9.97 Å². The maximum absolute atomic E-state index is 11.8. The molecule has 2 aliphatic rings. The highest BCUT2D eigenvalue weighted by Crippen LogP contribution is 2.40. The second-order valence-electron chi connectivity index (χ2n) is 4.66. The number of aromatic nitrogens is 2. The van der Waals surface area contributed by atoms with Crippen molar-refractivity contribution in [2.24, 2.45) is 5.92 Å². The Hall–Kier alpha value is -0.940. The molecule has 0 saturated heterocycles. The molecule has 0 bridgehead atoms. The van der Waals surface area contributed by atoms with E-state index in [-0.39, 0.29) is 17.8 Å². The summed E-state index contributed by atoms with van der Waals surface area (Å²) in [5.41, 5.74) is 1.57. The van der Waals surface area contributed by atoms with Gasteiger partial charge in [0.1, 0.15) is 0 Å². The summed E-state index contributed by atoms with van der Waals surface area (Å²) in [7, 11) is 0. The normalized spacial score (nSPS) is 28.8. The van der Waals surface area contributed by atoms with E-state index in [0.717, 1.165) is 12.1 Å². The van der Waals surface area contributed by atoms with Crippen LogP contribution in [-0.2, 0) is 11.2 Å². The van der Waals surface area contributed by atoms with E-state index in [2.05, 4.69) is 9.97 Å². The van der Waals surface area contributed by atoms with Gasteiger partial charge in [-0.2, -0.15) is 0 Å². The Kier molecular flexibility index (Phi) is 2.26. The number of nitrogens with one attached hydrogen (secondary N) is 2. The molecule has 16 heavy (non-hydrogen) atoms. The monoisotopic (exact) mass is 238 g/mol. The number of fused-ring (bicyclic) bond motifs is 1. The van der Waals surface area contributed by atoms with E-state index in [4.69, 9.17) is 17.0 Å². The first-order valence-electron chi connectivity index (χ1n) is 5.66. The van der Waals surface area contributed by atoms with Gasteiger partial charge >= 0.3 is 0 Å². The van der Waals surface area contributed by atoms with E-state index >= 15 is 0 Å². The van der Waals surface area contributed by atoms with Crippen molar-refractivity contribution in [1.29, 1.82) is 0 Å². The Morgan fingerprint density at radius 1 is 1.38 bits per heavy atom. The van der Waals surface area contributed by atoms with Crippen molar-refractivity contribution in [3.63, 3.8) is 0 Å². The molecule has 0 spiro atoms. The van der Waals surface area contributed by atoms with Crippen LogP contribution < -0.4 is 5.56 Å². The molecule has 1 aromatic rings. The zero-order valence-electron chi connectivity index (χ0n) is 9.08. The average molecular weight is 238 g/mol. The van der Waals surface area contributed by atoms with Crippen molar-refractivity contribution < 1.29 is 4.74 Å². The third kappa shape index (κ3) is 1.64. The number of hydrogen-bond donors (Lipinski definition) is 2. The SMILES string of the molecule is C[C@@H]1O[C@H](C2CC2)Cc2[nH]c(=S)[nH]c(=O)c21. The first kappa shape index (κ1) is 10.2. The first-order chi connectivity index (χ1) is 7.65. The number of aromatic amines is 2. The summed E-state index contributed by atoms with van der Waals surface area (Å²) < 4.78 is 6.29. The van der Waals surface area contributed by atoms with Crippen LogP contribution in [0.1, 0.15) is 37.1 Å². The largest absolute Gasteiger partial charge is 0.370 e. The van der Waals surface area contributed by atoms with Crippen LogP contribution >= 0.6 is 12.2 Å². The molecule has 0 amide bonds. The van der Waals surface area contributed by atoms with Crippen LogP contribution in [0.15, 0.2) is 4.79 Å². The van der Waals surface area contributed by atoms with Gasteiger partial charge < -0.3 is 9.72 Å². The number of H-pyrrole nitrogens is 2. The van der Waals surface area contributed by atoms with E-state index in [1.807, 2.05) is 6.92 Å². The molecular formula is C11H14N2O2S. The van der Waals surface area contributed by atoms with Crippen molar-refractivity contribution >= 4 is 12.2 Å². The van der Waals surface area contributed by atoms with Crippen molar-refractivity contribution in [2.45, 2.75) is 38.4 Å². The summed E-state index contributed by atoms with van der Waals surface area (Å²) in [5.74, 6) is 0.678. The second-order valence-corrected chi connectivity index (χ2v) is 5.07. The van der Waals surface area contributed by atoms with Gasteiger partial charge in [-0.1, -0.05) is 0 Å². The summed E-state index contributed by atoms with van der Waals surface area (Å²) in [6, 6.07) is 0. The summed E-state index contributed by atoms with van der Waals surface area (Å²) in [6.07, 6.45) is 3.41. The van der Waals surface area contributed by atoms with Gasteiger partial charge in [0.2, 0.25) is 0 Å². The summed E-state index contributed by atoms with van der Waals surface area (Å²) in [5, 5.41) is 0. The van der Waals surface area contributed by atoms with Gasteiger partial charge in [-0.15, -0.1) is 0 Å². The minimum Gasteiger partial charge on any atom is -0.370 e. The fraction of sp³-hybridized carbons (Fsp3) is 0.636. The number of rotatable bonds is 1. The fourth-order valence-corrected chi connectivity index (χ4v) is 2.68. The molecule has 0 radical (unpaired) electrons. The quantitative estimate of drug-likeness (QED) is 0.734. The molecule has 1 aliphatic carbocycles. The van der Waals surface area contributed by atoms with E-state index in [0.29, 0.717) is 16.3 Å². The summed E-state index contributed by atoms with van der Waals surface area (Å²) >= 11 is 4.99. The highest BCUT2D eigenvalue weighted by molar-refractivity contribution is 7.71. The van der Waals surface area contributed by atoms with Crippen LogP contribution in [0.4, 0.5) is 0 Å². The van der Waals surface area contributed by atoms with Crippen molar-refractivity contribution in [2.75, 3.05) is 0 Å². The van der Waals surface area contributed by atoms with E-state index < -0.39 is 0 Å². The number of hydrogen-bond acceptors (Lipinski definition) is 3. The molecule has 86 valence electrons. The van der Waals surface area contributed by atoms with Gasteiger partial charge in [0, 0.05) is 12.1 Å². The lowest BCUT2D eigenvalue weighted by atomic mass is 9.99. The summed E-state index contributed by atoms with van der Waals surface area (Å²) in [6.45, 7) is 1.93. The van der Waals surface area contributed by atoms with Crippen molar-refractivity contribution in [3.05, 3.63) is 26.4 Å². The molecule has 2 N–H and O–H groups in total. The number of ether oxygens (including phenoxy) is 1. The molecule has 2 heterocycles. The fourth-order valence-electron chi connectivity index (χ4n) is 2.46. The molecule has 1 fully saturated rings. The van der Waals surface area contributed by atoms with E-state index in [9.17, 15) is 4.79 Å². The predicted octanol–water partition coefficient (Wildman–Crippen LogP) is 1.84. The molecule has 0 unspecified atom stereocenters. The van der Waals surface area contributed by atoms with Gasteiger partial charge in [0.25, 0.3) is 5.56 Å². The molecule has 0 aromatic carbocycles. The lowest BCUT2D eigenvalue weighted by Crippen LogP contribution is -2.33. The van der Waals surface area contributed by atoms with Crippen LogP contribution in [0.2, 0.25) is 0 Å². The average Bonchev–Trinajstić information content (AvgIpc) is 2.97. The molecule has 1 aromatic heterocycles. The Bertz CT molecular complexity index is 530. The smallest absolute Gasteiger partial charge is 0.257 e. The first-order valence-corrected chi connectivity index (χ1v) is 6.07. The maximum Gasteiger partial charge on any atom is 0.257 e. The van der Waals surface area contributed by atoms with Crippen LogP contribution in [0.25, 0.3) is 0 Å². The highest BCUT2D eigenvalue weighted by atomic mass is 32.1. The minimum atomic E-state index is -0.134. The lowest BCUT2D eigenvalue weighted by Gasteiger charge is -2.29. The molecule has 1 aliphatic heterocycles. The zero-order valence-corrected chi connectivity index (χ0v) is 9.89. The molecular weight excluding hydrogens is 224 g/mol. The Balaban J connectivity index is 2.06. The Morgan fingerprint density at radius 2 is 2.12 bits per heavy atom. The van der Waals surface area contributed by atoms with E-state index in [1.54, 1.807) is 0 Å². The predicted molar refractivity (Wildman–Crippen MR) is 62.0 cm³/mol. The molecule has 3 rings (SSSR count). The lowest BCUT2D eigenvalue weighted by molar-refractivity contribution is -0.0294. The Morgan fingerprint density at radius 3 is 2.81 bits per heavy atom. The van der Waals surface area contributed by atoms with Gasteiger partial charge in [0.05, 0.1) is 17.8 Å². The van der Waals surface area contributed by atoms with Gasteiger partial charge in [-0.05, 0) is 37.9 Å². The Labute approximate surface area is 98.0 Å². The van der Waals surface area contributed by atoms with Crippen LogP contribution in [0, 0.1) is 10.7 Å². The zero-order chi connectivity index (χ0) is 11.3. The van der Waals surface area contributed by atoms with Crippen molar-refractivity contribution in [3.8, 4) is 0 Å². The van der Waals surface area contributed by atoms with Gasteiger partial charge in [-0.3, -0.25) is 9.78 Å². The molecule has 1 saturated carbocycles. The van der Waals surface area contributed by atoms with Crippen LogP contribution in [0.3, 0.4) is 0 Å². The highest BCUT2D eigenvalue weighted by Gasteiger charge is 2.37. The molecule has 2 atom stereocenters. The van der Waals surface area contributed by atoms with Gasteiger partial charge in [0.15, 0.2) is 4.77 Å². The van der Waals surface area contributed by atoms with Crippen LogP contribution in [0.5, 0.6) is 0 Å². The standard InChI is InChI=1S/C11H14N2O2S/c1-5-9-7(12-11(16)13-10(9)14)4-8(15-5)6-2-3-6/h5-6,8H,2-4H2,1H3,(H2,12,13,14,16)/t5-,8-/m0/s1. The molecule has 5 heteroatoms. The maximum atomic E-state index is 11.8. The third-order valence-electron chi connectivity index (χ3n) is 3.40. The van der Waals surface area contributed by atoms with Gasteiger partial charge in [-0.25, -0.2) is 0 Å². The third-order valence-corrected chi connectivity index (χ3v) is 3.60. The molecule has 4 nitrogen and oxygen atoms in total. The minimum absolute atomic E-state index is 0.111. The summed E-state index contributed by atoms with van der Waals surface area (Å²) in [4.78, 5) is 17.5. The van der Waals surface area contributed by atoms with Crippen LogP contribution in [-0.4, -0.2) is 16.1 Å². The topological polar surface area (TPSA) is 57.9 Å². The van der Waals surface area contributed by atoms with E-state index in [1.165, 1.54) is 12.8 Å². The second kappa shape index (κ2) is 3.53.